The van der Waals surface area contributed by atoms with Crippen molar-refractivity contribution in [3.8, 4) is 0 Å². The Morgan fingerprint density at radius 2 is 2.00 bits per heavy atom. The fraction of sp³-hybridized carbons (Fsp3) is 0.526. The number of aromatic nitrogens is 3. The summed E-state index contributed by atoms with van der Waals surface area (Å²) in [5, 5.41) is 4.89. The van der Waals surface area contributed by atoms with Crippen LogP contribution >= 0.6 is 11.6 Å². The Morgan fingerprint density at radius 3 is 2.54 bits per heavy atom. The molecule has 0 saturated carbocycles. The molecule has 26 heavy (non-hydrogen) atoms. The van der Waals surface area contributed by atoms with Crippen molar-refractivity contribution in [1.82, 2.24) is 14.8 Å². The molecule has 0 N–H and O–H groups in total. The van der Waals surface area contributed by atoms with E-state index in [1.807, 2.05) is 38.1 Å². The molecule has 7 heteroatoms. The van der Waals surface area contributed by atoms with Gasteiger partial charge in [-0.3, -0.25) is 4.79 Å². The molecule has 1 aliphatic rings. The molecule has 6 nitrogen and oxygen atoms in total. The Bertz CT molecular complexity index is 710. The molecule has 1 aliphatic heterocycles. The summed E-state index contributed by atoms with van der Waals surface area (Å²) in [6.45, 7) is 4.74. The summed E-state index contributed by atoms with van der Waals surface area (Å²) in [7, 11) is 0. The Labute approximate surface area is 158 Å². The van der Waals surface area contributed by atoms with Crippen molar-refractivity contribution in [3.63, 3.8) is 0 Å². The molecule has 0 amide bonds. The van der Waals surface area contributed by atoms with Crippen LogP contribution in [0, 0.1) is 5.41 Å². The van der Waals surface area contributed by atoms with Gasteiger partial charge in [0, 0.05) is 11.4 Å². The molecule has 0 bridgehead atoms. The smallest absolute Gasteiger partial charge is 0.168 e. The predicted octanol–water partition coefficient (Wildman–Crippen LogP) is 3.46. The number of carbonyl (C=O) groups excluding carboxylic acids is 1. The average Bonchev–Trinajstić information content (AvgIpc) is 3.21. The number of hydrogen-bond acceptors (Lipinski definition) is 5. The van der Waals surface area contributed by atoms with Gasteiger partial charge in [0.25, 0.3) is 0 Å². The van der Waals surface area contributed by atoms with Gasteiger partial charge in [-0.25, -0.2) is 9.67 Å². The second kappa shape index (κ2) is 8.29. The Morgan fingerprint density at radius 1 is 1.31 bits per heavy atom. The van der Waals surface area contributed by atoms with Crippen LogP contribution in [0.5, 0.6) is 0 Å². The standard InChI is InChI=1S/C19H24ClN3O3/c1-3-17-25-10-19(4-2,11-26-17)18(24)16(23-13-21-12-22-23)9-14-5-7-15(20)8-6-14/h5-8,12-13,16-17H,3-4,9-11H2,1-2H3. The van der Waals surface area contributed by atoms with E-state index in [0.29, 0.717) is 31.1 Å². The molecule has 0 radical (unpaired) electrons. The molecule has 1 aromatic heterocycles. The zero-order chi connectivity index (χ0) is 18.6. The molecule has 2 heterocycles. The lowest BCUT2D eigenvalue weighted by Crippen LogP contribution is -2.49. The average molecular weight is 378 g/mol. The van der Waals surface area contributed by atoms with Crippen LogP contribution in [0.1, 0.15) is 38.3 Å². The van der Waals surface area contributed by atoms with E-state index in [1.165, 1.54) is 6.33 Å². The molecular weight excluding hydrogens is 354 g/mol. The van der Waals surface area contributed by atoms with Crippen molar-refractivity contribution in [3.05, 3.63) is 47.5 Å². The van der Waals surface area contributed by atoms with E-state index < -0.39 is 11.5 Å². The third-order valence-electron chi connectivity index (χ3n) is 5.02. The van der Waals surface area contributed by atoms with Crippen LogP contribution in [0.15, 0.2) is 36.9 Å². The first-order valence-electron chi connectivity index (χ1n) is 8.94. The first-order chi connectivity index (χ1) is 12.6. The second-order valence-corrected chi connectivity index (χ2v) is 7.12. The van der Waals surface area contributed by atoms with Crippen LogP contribution in [-0.2, 0) is 20.7 Å². The highest BCUT2D eigenvalue weighted by Gasteiger charge is 2.45. The fourth-order valence-corrected chi connectivity index (χ4v) is 3.36. The summed E-state index contributed by atoms with van der Waals surface area (Å²) < 4.78 is 13.2. The van der Waals surface area contributed by atoms with Gasteiger partial charge < -0.3 is 9.47 Å². The summed E-state index contributed by atoms with van der Waals surface area (Å²) in [5.41, 5.74) is 0.341. The van der Waals surface area contributed by atoms with Crippen LogP contribution in [-0.4, -0.2) is 40.1 Å². The SMILES string of the molecule is CCC1OCC(CC)(C(=O)C(Cc2ccc(Cl)cc2)n2cncn2)CO1. The van der Waals surface area contributed by atoms with Gasteiger partial charge in [0.1, 0.15) is 18.7 Å². The van der Waals surface area contributed by atoms with Gasteiger partial charge in [0.15, 0.2) is 12.1 Å². The zero-order valence-corrected chi connectivity index (χ0v) is 15.9. The summed E-state index contributed by atoms with van der Waals surface area (Å²) >= 11 is 5.98. The van der Waals surface area contributed by atoms with Gasteiger partial charge >= 0.3 is 0 Å². The fourth-order valence-electron chi connectivity index (χ4n) is 3.23. The maximum absolute atomic E-state index is 13.5. The predicted molar refractivity (Wildman–Crippen MR) is 97.9 cm³/mol. The first kappa shape index (κ1) is 19.0. The lowest BCUT2D eigenvalue weighted by molar-refractivity contribution is -0.228. The van der Waals surface area contributed by atoms with Gasteiger partial charge in [-0.05, 0) is 30.5 Å². The Balaban J connectivity index is 1.86. The monoisotopic (exact) mass is 377 g/mol. The van der Waals surface area contributed by atoms with Gasteiger partial charge in [-0.1, -0.05) is 37.6 Å². The van der Waals surface area contributed by atoms with Crippen LogP contribution < -0.4 is 0 Å². The van der Waals surface area contributed by atoms with Crippen LogP contribution in [0.2, 0.25) is 5.02 Å². The molecule has 1 atom stereocenters. The van der Waals surface area contributed by atoms with E-state index in [4.69, 9.17) is 21.1 Å². The van der Waals surface area contributed by atoms with Crippen molar-refractivity contribution in [2.24, 2.45) is 5.41 Å². The summed E-state index contributed by atoms with van der Waals surface area (Å²) in [6.07, 6.45) is 4.73. The normalized spacial score (nSPS) is 24.3. The van der Waals surface area contributed by atoms with Gasteiger partial charge in [0.05, 0.1) is 18.6 Å². The minimum Gasteiger partial charge on any atom is -0.352 e. The second-order valence-electron chi connectivity index (χ2n) is 6.68. The minimum atomic E-state index is -0.672. The maximum Gasteiger partial charge on any atom is 0.168 e. The molecular formula is C19H24ClN3O3. The Kier molecular flexibility index (Phi) is 6.06. The van der Waals surface area contributed by atoms with E-state index in [9.17, 15) is 4.79 Å². The number of ether oxygens (including phenoxy) is 2. The molecule has 140 valence electrons. The first-order valence-corrected chi connectivity index (χ1v) is 9.32. The molecule has 2 aromatic rings. The van der Waals surface area contributed by atoms with E-state index in [1.54, 1.807) is 11.0 Å². The molecule has 0 aliphatic carbocycles. The third-order valence-corrected chi connectivity index (χ3v) is 5.28. The minimum absolute atomic E-state index is 0.0648. The Hall–Kier alpha value is -1.76. The topological polar surface area (TPSA) is 66.2 Å². The highest BCUT2D eigenvalue weighted by Crippen LogP contribution is 2.35. The molecule has 1 aromatic carbocycles. The number of benzene rings is 1. The lowest BCUT2D eigenvalue weighted by atomic mass is 9.77. The van der Waals surface area contributed by atoms with Crippen LogP contribution in [0.25, 0.3) is 0 Å². The molecule has 1 fully saturated rings. The van der Waals surface area contributed by atoms with Gasteiger partial charge in [-0.2, -0.15) is 5.10 Å². The highest BCUT2D eigenvalue weighted by molar-refractivity contribution is 6.30. The number of carbonyl (C=O) groups is 1. The number of ketones is 1. The van der Waals surface area contributed by atoms with Crippen molar-refractivity contribution in [2.75, 3.05) is 13.2 Å². The molecule has 1 unspecified atom stereocenters. The van der Waals surface area contributed by atoms with Crippen molar-refractivity contribution in [1.29, 1.82) is 0 Å². The van der Waals surface area contributed by atoms with Crippen LogP contribution in [0.3, 0.4) is 0 Å². The van der Waals surface area contributed by atoms with Gasteiger partial charge in [-0.15, -0.1) is 0 Å². The summed E-state index contributed by atoms with van der Waals surface area (Å²) in [5.74, 6) is 0.0648. The molecule has 0 spiro atoms. The number of rotatable bonds is 7. The van der Waals surface area contributed by atoms with Gasteiger partial charge in [0.2, 0.25) is 0 Å². The van der Waals surface area contributed by atoms with Crippen molar-refractivity contribution >= 4 is 17.4 Å². The van der Waals surface area contributed by atoms with E-state index in [2.05, 4.69) is 10.1 Å². The molecule has 3 rings (SSSR count). The molecule has 1 saturated heterocycles. The number of Topliss-reactive ketones (excluding diaryl/α,β-unsaturated/α-hetero) is 1. The summed E-state index contributed by atoms with van der Waals surface area (Å²) in [4.78, 5) is 17.6. The van der Waals surface area contributed by atoms with E-state index in [0.717, 1.165) is 12.0 Å². The largest absolute Gasteiger partial charge is 0.352 e. The third kappa shape index (κ3) is 3.98. The van der Waals surface area contributed by atoms with Crippen LogP contribution in [0.4, 0.5) is 0 Å². The van der Waals surface area contributed by atoms with Crippen molar-refractivity contribution < 1.29 is 14.3 Å². The number of hydrogen-bond donors (Lipinski definition) is 0. The number of nitrogens with zero attached hydrogens (tertiary/aromatic N) is 3. The van der Waals surface area contributed by atoms with Crippen molar-refractivity contribution in [2.45, 2.75) is 45.4 Å². The quantitative estimate of drug-likeness (QED) is 0.739. The lowest BCUT2D eigenvalue weighted by Gasteiger charge is -2.39. The summed E-state index contributed by atoms with van der Waals surface area (Å²) in [6, 6.07) is 7.05. The maximum atomic E-state index is 13.5. The van der Waals surface area contributed by atoms with E-state index >= 15 is 0 Å². The highest BCUT2D eigenvalue weighted by atomic mass is 35.5. The zero-order valence-electron chi connectivity index (χ0n) is 15.1. The number of halogens is 1. The van der Waals surface area contributed by atoms with E-state index in [-0.39, 0.29) is 12.1 Å².